The van der Waals surface area contributed by atoms with Crippen LogP contribution >= 0.6 is 34.8 Å². The lowest BCUT2D eigenvalue weighted by atomic mass is 10.2. The van der Waals surface area contributed by atoms with Crippen LogP contribution in [0, 0.1) is 0 Å². The first-order valence-corrected chi connectivity index (χ1v) is 7.24. The third-order valence-corrected chi connectivity index (χ3v) is 3.32. The van der Waals surface area contributed by atoms with E-state index < -0.39 is 11.2 Å². The van der Waals surface area contributed by atoms with Crippen molar-refractivity contribution in [2.45, 2.75) is 0 Å². The summed E-state index contributed by atoms with van der Waals surface area (Å²) in [6.07, 6.45) is 2.62. The molecule has 2 rings (SSSR count). The number of hydrogen-bond acceptors (Lipinski definition) is 3. The van der Waals surface area contributed by atoms with E-state index in [1.807, 2.05) is 0 Å². The van der Waals surface area contributed by atoms with Crippen molar-refractivity contribution in [3.63, 3.8) is 0 Å². The van der Waals surface area contributed by atoms with E-state index in [4.69, 9.17) is 39.5 Å². The summed E-state index contributed by atoms with van der Waals surface area (Å²) < 4.78 is 5.22. The number of allylic oxidation sites excluding steroid dienone is 1. The van der Waals surface area contributed by atoms with Gasteiger partial charge in [0.1, 0.15) is 0 Å². The van der Waals surface area contributed by atoms with Crippen LogP contribution < -0.4 is 4.74 Å². The number of rotatable bonds is 4. The highest BCUT2D eigenvalue weighted by Crippen LogP contribution is 2.35. The second-order valence-electron chi connectivity index (χ2n) is 4.21. The van der Waals surface area contributed by atoms with Gasteiger partial charge in [-0.3, -0.25) is 4.79 Å². The third-order valence-electron chi connectivity index (χ3n) is 2.63. The zero-order valence-electron chi connectivity index (χ0n) is 11.1. The molecule has 0 fully saturated rings. The lowest BCUT2D eigenvalue weighted by Gasteiger charge is -2.09. The molecule has 6 heteroatoms. The van der Waals surface area contributed by atoms with Crippen LogP contribution in [0.3, 0.4) is 0 Å². The minimum Gasteiger partial charge on any atom is -0.420 e. The van der Waals surface area contributed by atoms with E-state index in [1.54, 1.807) is 30.3 Å². The number of ether oxygens (including phenoxy) is 1. The van der Waals surface area contributed by atoms with Gasteiger partial charge in [-0.15, -0.1) is 0 Å². The van der Waals surface area contributed by atoms with Crippen molar-refractivity contribution in [3.05, 3.63) is 69.7 Å². The van der Waals surface area contributed by atoms with Crippen molar-refractivity contribution < 1.29 is 14.3 Å². The highest BCUT2D eigenvalue weighted by Gasteiger charge is 2.15. The molecule has 0 saturated heterocycles. The molecular weight excluding hydrogens is 347 g/mol. The van der Waals surface area contributed by atoms with Crippen molar-refractivity contribution in [2.24, 2.45) is 0 Å². The summed E-state index contributed by atoms with van der Waals surface area (Å²) in [6, 6.07) is 11.5. The van der Waals surface area contributed by atoms with E-state index in [1.165, 1.54) is 24.3 Å². The molecule has 0 aliphatic rings. The minimum atomic E-state index is -0.619. The van der Waals surface area contributed by atoms with Gasteiger partial charge in [0, 0.05) is 0 Å². The van der Waals surface area contributed by atoms with E-state index in [2.05, 4.69) is 0 Å². The molecule has 2 aromatic rings. The SMILES string of the molecule is O=C(Cl)/C=C/c1cc(Cl)c(OC(=O)c2ccccc2)c(Cl)c1. The predicted molar refractivity (Wildman–Crippen MR) is 87.8 cm³/mol. The summed E-state index contributed by atoms with van der Waals surface area (Å²) in [6.45, 7) is 0. The molecule has 0 radical (unpaired) electrons. The van der Waals surface area contributed by atoms with Gasteiger partial charge in [0.25, 0.3) is 0 Å². The number of esters is 1. The normalized spacial score (nSPS) is 10.7. The van der Waals surface area contributed by atoms with Crippen molar-refractivity contribution in [1.29, 1.82) is 0 Å². The quantitative estimate of drug-likeness (QED) is 0.336. The maximum atomic E-state index is 12.0. The van der Waals surface area contributed by atoms with Crippen LogP contribution in [0.4, 0.5) is 0 Å². The molecule has 0 heterocycles. The van der Waals surface area contributed by atoms with Gasteiger partial charge in [-0.1, -0.05) is 47.5 Å². The zero-order valence-corrected chi connectivity index (χ0v) is 13.3. The number of hydrogen-bond donors (Lipinski definition) is 0. The Balaban J connectivity index is 2.25. The van der Waals surface area contributed by atoms with Gasteiger partial charge in [0.05, 0.1) is 15.6 Å². The van der Waals surface area contributed by atoms with Gasteiger partial charge in [-0.05, 0) is 47.5 Å². The molecule has 0 N–H and O–H groups in total. The standard InChI is InChI=1S/C16H9Cl3O3/c17-12-8-10(6-7-14(19)20)9-13(18)15(12)22-16(21)11-4-2-1-3-5-11/h1-9H/b7-6+. The van der Waals surface area contributed by atoms with Crippen LogP contribution in [0.1, 0.15) is 15.9 Å². The Kier molecular flexibility index (Phi) is 5.61. The Morgan fingerprint density at radius 1 is 1.00 bits per heavy atom. The maximum Gasteiger partial charge on any atom is 0.343 e. The average Bonchev–Trinajstić information content (AvgIpc) is 2.49. The van der Waals surface area contributed by atoms with Crippen LogP contribution in [0.2, 0.25) is 10.0 Å². The number of benzene rings is 2. The van der Waals surface area contributed by atoms with E-state index in [9.17, 15) is 9.59 Å². The first-order valence-electron chi connectivity index (χ1n) is 6.11. The molecule has 3 nitrogen and oxygen atoms in total. The van der Waals surface area contributed by atoms with Gasteiger partial charge in [0.2, 0.25) is 5.24 Å². The molecule has 22 heavy (non-hydrogen) atoms. The van der Waals surface area contributed by atoms with Crippen LogP contribution in [0.25, 0.3) is 6.08 Å². The summed E-state index contributed by atoms with van der Waals surface area (Å²) in [4.78, 5) is 22.7. The summed E-state index contributed by atoms with van der Waals surface area (Å²) in [5, 5.41) is -0.316. The molecular formula is C16H9Cl3O3. The second-order valence-corrected chi connectivity index (χ2v) is 5.39. The van der Waals surface area contributed by atoms with E-state index >= 15 is 0 Å². The van der Waals surface area contributed by atoms with E-state index in [-0.39, 0.29) is 15.8 Å². The summed E-state index contributed by atoms with van der Waals surface area (Å²) in [5.41, 5.74) is 0.940. The fourth-order valence-electron chi connectivity index (χ4n) is 1.66. The zero-order chi connectivity index (χ0) is 16.1. The smallest absolute Gasteiger partial charge is 0.343 e. The lowest BCUT2D eigenvalue weighted by molar-refractivity contribution is -0.107. The highest BCUT2D eigenvalue weighted by molar-refractivity contribution is 6.66. The Morgan fingerprint density at radius 2 is 1.59 bits per heavy atom. The van der Waals surface area contributed by atoms with Gasteiger partial charge in [0.15, 0.2) is 5.75 Å². The number of carbonyl (C=O) groups is 2. The van der Waals surface area contributed by atoms with Gasteiger partial charge < -0.3 is 4.74 Å². The Labute approximate surface area is 142 Å². The highest BCUT2D eigenvalue weighted by atomic mass is 35.5. The monoisotopic (exact) mass is 354 g/mol. The van der Waals surface area contributed by atoms with Crippen LogP contribution in [-0.4, -0.2) is 11.2 Å². The molecule has 0 atom stereocenters. The summed E-state index contributed by atoms with van der Waals surface area (Å²) >= 11 is 17.4. The van der Waals surface area contributed by atoms with Crippen molar-refractivity contribution in [1.82, 2.24) is 0 Å². The van der Waals surface area contributed by atoms with Gasteiger partial charge >= 0.3 is 5.97 Å². The Bertz CT molecular complexity index is 717. The Hall–Kier alpha value is -1.81. The number of halogens is 3. The minimum absolute atomic E-state index is 0.0616. The van der Waals surface area contributed by atoms with Crippen LogP contribution in [0.5, 0.6) is 5.75 Å². The maximum absolute atomic E-state index is 12.0. The first kappa shape index (κ1) is 16.6. The summed E-state index contributed by atoms with van der Waals surface area (Å²) in [5.74, 6) is -0.504. The molecule has 2 aromatic carbocycles. The topological polar surface area (TPSA) is 43.4 Å². The summed E-state index contributed by atoms with van der Waals surface area (Å²) in [7, 11) is 0. The van der Waals surface area contributed by atoms with Crippen molar-refractivity contribution >= 4 is 52.1 Å². The van der Waals surface area contributed by atoms with E-state index in [0.29, 0.717) is 11.1 Å². The molecule has 0 spiro atoms. The Morgan fingerprint density at radius 3 is 2.14 bits per heavy atom. The molecule has 0 unspecified atom stereocenters. The predicted octanol–water partition coefficient (Wildman–Crippen LogP) is 4.99. The first-order chi connectivity index (χ1) is 10.5. The molecule has 0 bridgehead atoms. The third kappa shape index (κ3) is 4.34. The molecule has 0 aromatic heterocycles. The largest absolute Gasteiger partial charge is 0.420 e. The molecule has 0 aliphatic carbocycles. The molecule has 112 valence electrons. The van der Waals surface area contributed by atoms with E-state index in [0.717, 1.165) is 0 Å². The molecule has 0 saturated carbocycles. The van der Waals surface area contributed by atoms with Crippen molar-refractivity contribution in [3.8, 4) is 5.75 Å². The fraction of sp³-hybridized carbons (Fsp3) is 0. The van der Waals surface area contributed by atoms with Crippen molar-refractivity contribution in [2.75, 3.05) is 0 Å². The number of carbonyl (C=O) groups excluding carboxylic acids is 2. The molecule has 0 aliphatic heterocycles. The fourth-order valence-corrected chi connectivity index (χ4v) is 2.30. The lowest BCUT2D eigenvalue weighted by Crippen LogP contribution is -2.08. The van der Waals surface area contributed by atoms with Crippen LogP contribution in [0.15, 0.2) is 48.5 Å². The van der Waals surface area contributed by atoms with Crippen LogP contribution in [-0.2, 0) is 4.79 Å². The average molecular weight is 356 g/mol. The molecule has 0 amide bonds. The van der Waals surface area contributed by atoms with Gasteiger partial charge in [-0.2, -0.15) is 0 Å². The van der Waals surface area contributed by atoms with Gasteiger partial charge in [-0.25, -0.2) is 4.79 Å². The second kappa shape index (κ2) is 7.45.